The SMILES string of the molecule is Cc1cnc(C2CN(Cc3ccc(F)cc3F)CCO2)[nH]1. The number of hydrogen-bond donors (Lipinski definition) is 1. The van der Waals surface area contributed by atoms with Crippen LogP contribution >= 0.6 is 0 Å². The molecule has 1 unspecified atom stereocenters. The molecular formula is C15H17F2N3O. The van der Waals surface area contributed by atoms with Crippen LogP contribution in [-0.4, -0.2) is 34.6 Å². The Morgan fingerprint density at radius 1 is 1.43 bits per heavy atom. The van der Waals surface area contributed by atoms with Gasteiger partial charge >= 0.3 is 0 Å². The van der Waals surface area contributed by atoms with Gasteiger partial charge in [0.05, 0.1) is 6.61 Å². The van der Waals surface area contributed by atoms with E-state index in [1.807, 2.05) is 6.92 Å². The number of nitrogens with zero attached hydrogens (tertiary/aromatic N) is 2. The van der Waals surface area contributed by atoms with E-state index in [-0.39, 0.29) is 6.10 Å². The summed E-state index contributed by atoms with van der Waals surface area (Å²) < 4.78 is 32.3. The van der Waals surface area contributed by atoms with E-state index in [0.717, 1.165) is 17.6 Å². The quantitative estimate of drug-likeness (QED) is 0.945. The Morgan fingerprint density at radius 2 is 2.29 bits per heavy atom. The zero-order valence-corrected chi connectivity index (χ0v) is 11.8. The average molecular weight is 293 g/mol. The highest BCUT2D eigenvalue weighted by molar-refractivity contribution is 5.18. The fourth-order valence-electron chi connectivity index (χ4n) is 2.50. The Hall–Kier alpha value is -1.79. The predicted molar refractivity (Wildman–Crippen MR) is 73.7 cm³/mol. The summed E-state index contributed by atoms with van der Waals surface area (Å²) in [4.78, 5) is 9.53. The molecule has 0 bridgehead atoms. The summed E-state index contributed by atoms with van der Waals surface area (Å²) in [6.45, 7) is 4.28. The Balaban J connectivity index is 1.68. The molecule has 2 heterocycles. The van der Waals surface area contributed by atoms with Crippen LogP contribution in [-0.2, 0) is 11.3 Å². The lowest BCUT2D eigenvalue weighted by Crippen LogP contribution is -2.38. The molecule has 1 aliphatic rings. The Bertz CT molecular complexity index is 629. The molecule has 1 saturated heterocycles. The van der Waals surface area contributed by atoms with Crippen molar-refractivity contribution in [3.8, 4) is 0 Å². The zero-order chi connectivity index (χ0) is 14.8. The molecule has 21 heavy (non-hydrogen) atoms. The highest BCUT2D eigenvalue weighted by Crippen LogP contribution is 2.22. The number of halogens is 2. The van der Waals surface area contributed by atoms with Crippen LogP contribution in [0.1, 0.15) is 23.2 Å². The second-order valence-electron chi connectivity index (χ2n) is 5.28. The minimum absolute atomic E-state index is 0.143. The van der Waals surface area contributed by atoms with Gasteiger partial charge in [0.1, 0.15) is 23.6 Å². The maximum absolute atomic E-state index is 13.7. The summed E-state index contributed by atoms with van der Waals surface area (Å²) >= 11 is 0. The van der Waals surface area contributed by atoms with Crippen LogP contribution in [0.4, 0.5) is 8.78 Å². The average Bonchev–Trinajstić information content (AvgIpc) is 2.89. The number of imidazole rings is 1. The monoisotopic (exact) mass is 293 g/mol. The number of aromatic nitrogens is 2. The zero-order valence-electron chi connectivity index (χ0n) is 11.8. The molecule has 1 aromatic heterocycles. The number of hydrogen-bond acceptors (Lipinski definition) is 3. The number of ether oxygens (including phenoxy) is 1. The third kappa shape index (κ3) is 3.28. The van der Waals surface area contributed by atoms with Crippen molar-refractivity contribution in [3.05, 3.63) is 53.1 Å². The summed E-state index contributed by atoms with van der Waals surface area (Å²) in [6.07, 6.45) is 1.62. The van der Waals surface area contributed by atoms with Crippen molar-refractivity contribution in [1.29, 1.82) is 0 Å². The molecule has 1 aromatic carbocycles. The van der Waals surface area contributed by atoms with Crippen molar-refractivity contribution in [3.63, 3.8) is 0 Å². The van der Waals surface area contributed by atoms with Crippen LogP contribution in [0.2, 0.25) is 0 Å². The summed E-state index contributed by atoms with van der Waals surface area (Å²) in [6, 6.07) is 3.70. The van der Waals surface area contributed by atoms with Crippen LogP contribution in [0.5, 0.6) is 0 Å². The standard InChI is InChI=1S/C15H17F2N3O/c1-10-7-18-15(19-10)14-9-20(4-5-21-14)8-11-2-3-12(16)6-13(11)17/h2-3,6-7,14H,4-5,8-9H2,1H3,(H,18,19). The minimum Gasteiger partial charge on any atom is -0.368 e. The molecule has 0 saturated carbocycles. The summed E-state index contributed by atoms with van der Waals surface area (Å²) in [7, 11) is 0. The highest BCUT2D eigenvalue weighted by Gasteiger charge is 2.24. The molecule has 0 amide bonds. The minimum atomic E-state index is -0.554. The number of H-pyrrole nitrogens is 1. The first-order valence-corrected chi connectivity index (χ1v) is 6.91. The normalized spacial score (nSPS) is 19.9. The van der Waals surface area contributed by atoms with Gasteiger partial charge in [0, 0.05) is 43.2 Å². The summed E-state index contributed by atoms with van der Waals surface area (Å²) in [5.74, 6) is -0.272. The maximum atomic E-state index is 13.7. The van der Waals surface area contributed by atoms with Crippen molar-refractivity contribution in [1.82, 2.24) is 14.9 Å². The van der Waals surface area contributed by atoms with Gasteiger partial charge in [-0.2, -0.15) is 0 Å². The van der Waals surface area contributed by atoms with E-state index in [0.29, 0.717) is 31.8 Å². The lowest BCUT2D eigenvalue weighted by atomic mass is 10.1. The first-order chi connectivity index (χ1) is 10.1. The smallest absolute Gasteiger partial charge is 0.136 e. The van der Waals surface area contributed by atoms with Gasteiger partial charge in [-0.15, -0.1) is 0 Å². The van der Waals surface area contributed by atoms with Gasteiger partial charge in [0.2, 0.25) is 0 Å². The molecular weight excluding hydrogens is 276 g/mol. The molecule has 1 N–H and O–H groups in total. The predicted octanol–water partition coefficient (Wildman–Crippen LogP) is 2.57. The van der Waals surface area contributed by atoms with Crippen LogP contribution in [0.15, 0.2) is 24.4 Å². The lowest BCUT2D eigenvalue weighted by molar-refractivity contribution is -0.0371. The summed E-state index contributed by atoms with van der Waals surface area (Å²) in [5.41, 5.74) is 1.47. The van der Waals surface area contributed by atoms with Crippen molar-refractivity contribution in [2.75, 3.05) is 19.7 Å². The molecule has 6 heteroatoms. The Morgan fingerprint density at radius 3 is 3.00 bits per heavy atom. The van der Waals surface area contributed by atoms with E-state index in [9.17, 15) is 8.78 Å². The van der Waals surface area contributed by atoms with Crippen LogP contribution < -0.4 is 0 Å². The number of nitrogens with one attached hydrogen (secondary N) is 1. The number of morpholine rings is 1. The van der Waals surface area contributed by atoms with Crippen LogP contribution in [0.25, 0.3) is 0 Å². The lowest BCUT2D eigenvalue weighted by Gasteiger charge is -2.32. The third-order valence-electron chi connectivity index (χ3n) is 3.59. The maximum Gasteiger partial charge on any atom is 0.136 e. The van der Waals surface area contributed by atoms with Gasteiger partial charge < -0.3 is 9.72 Å². The van der Waals surface area contributed by atoms with E-state index in [1.165, 1.54) is 12.1 Å². The fraction of sp³-hybridized carbons (Fsp3) is 0.400. The molecule has 112 valence electrons. The number of aryl methyl sites for hydroxylation is 1. The molecule has 3 rings (SSSR count). The summed E-state index contributed by atoms with van der Waals surface area (Å²) in [5, 5.41) is 0. The van der Waals surface area contributed by atoms with Gasteiger partial charge in [0.25, 0.3) is 0 Å². The van der Waals surface area contributed by atoms with E-state index in [2.05, 4.69) is 14.9 Å². The van der Waals surface area contributed by atoms with Crippen molar-refractivity contribution in [2.45, 2.75) is 19.6 Å². The van der Waals surface area contributed by atoms with Gasteiger partial charge in [-0.25, -0.2) is 13.8 Å². The van der Waals surface area contributed by atoms with Gasteiger partial charge in [-0.1, -0.05) is 6.07 Å². The van der Waals surface area contributed by atoms with Crippen molar-refractivity contribution < 1.29 is 13.5 Å². The molecule has 2 aromatic rings. The second-order valence-corrected chi connectivity index (χ2v) is 5.28. The number of rotatable bonds is 3. The number of aromatic amines is 1. The molecule has 1 atom stereocenters. The first kappa shape index (κ1) is 14.2. The van der Waals surface area contributed by atoms with E-state index < -0.39 is 11.6 Å². The van der Waals surface area contributed by atoms with Crippen molar-refractivity contribution in [2.24, 2.45) is 0 Å². The van der Waals surface area contributed by atoms with Crippen LogP contribution in [0.3, 0.4) is 0 Å². The molecule has 0 radical (unpaired) electrons. The fourth-order valence-corrected chi connectivity index (χ4v) is 2.50. The molecule has 0 aliphatic carbocycles. The molecule has 0 spiro atoms. The Kier molecular flexibility index (Phi) is 3.98. The topological polar surface area (TPSA) is 41.2 Å². The van der Waals surface area contributed by atoms with Gasteiger partial charge in [0.15, 0.2) is 0 Å². The highest BCUT2D eigenvalue weighted by atomic mass is 19.1. The third-order valence-corrected chi connectivity index (χ3v) is 3.59. The van der Waals surface area contributed by atoms with Crippen LogP contribution in [0, 0.1) is 18.6 Å². The molecule has 1 aliphatic heterocycles. The van der Waals surface area contributed by atoms with E-state index in [1.54, 1.807) is 6.20 Å². The molecule has 4 nitrogen and oxygen atoms in total. The largest absolute Gasteiger partial charge is 0.368 e. The van der Waals surface area contributed by atoms with E-state index >= 15 is 0 Å². The molecule has 1 fully saturated rings. The second kappa shape index (κ2) is 5.91. The van der Waals surface area contributed by atoms with Gasteiger partial charge in [-0.3, -0.25) is 4.90 Å². The van der Waals surface area contributed by atoms with Crippen molar-refractivity contribution >= 4 is 0 Å². The van der Waals surface area contributed by atoms with Gasteiger partial charge in [-0.05, 0) is 13.0 Å². The van der Waals surface area contributed by atoms with E-state index in [4.69, 9.17) is 4.74 Å². The number of benzene rings is 1. The first-order valence-electron chi connectivity index (χ1n) is 6.91. The Labute approximate surface area is 121 Å².